The van der Waals surface area contributed by atoms with Gasteiger partial charge >= 0.3 is 7.12 Å². The van der Waals surface area contributed by atoms with E-state index in [9.17, 15) is 8.78 Å². The molecular formula is C17H21BF2O2. The van der Waals surface area contributed by atoms with Gasteiger partial charge in [-0.3, -0.25) is 0 Å². The van der Waals surface area contributed by atoms with Crippen molar-refractivity contribution in [1.29, 1.82) is 0 Å². The Labute approximate surface area is 130 Å². The van der Waals surface area contributed by atoms with Crippen molar-refractivity contribution < 1.29 is 18.1 Å². The molecule has 0 unspecified atom stereocenters. The van der Waals surface area contributed by atoms with Crippen LogP contribution < -0.4 is 0 Å². The van der Waals surface area contributed by atoms with Crippen LogP contribution in [0.4, 0.5) is 8.78 Å². The van der Waals surface area contributed by atoms with Crippen molar-refractivity contribution in [2.45, 2.75) is 68.9 Å². The number of hydrogen-bond donors (Lipinski definition) is 0. The molecule has 3 aliphatic carbocycles. The van der Waals surface area contributed by atoms with Crippen LogP contribution in [0.5, 0.6) is 0 Å². The maximum Gasteiger partial charge on any atom is 0.464 e. The Kier molecular flexibility index (Phi) is 2.62. The van der Waals surface area contributed by atoms with Gasteiger partial charge in [0.25, 0.3) is 0 Å². The van der Waals surface area contributed by atoms with Crippen LogP contribution in [0, 0.1) is 11.6 Å². The molecule has 1 aromatic carbocycles. The molecule has 0 amide bonds. The summed E-state index contributed by atoms with van der Waals surface area (Å²) in [6, 6.07) is 3.93. The zero-order chi connectivity index (χ0) is 16.0. The van der Waals surface area contributed by atoms with E-state index in [4.69, 9.17) is 9.31 Å². The minimum atomic E-state index is -0.520. The van der Waals surface area contributed by atoms with E-state index in [-0.39, 0.29) is 29.0 Å². The molecule has 5 heteroatoms. The first-order chi connectivity index (χ1) is 10.1. The zero-order valence-corrected chi connectivity index (χ0v) is 13.5. The van der Waals surface area contributed by atoms with E-state index in [0.717, 1.165) is 25.3 Å². The third-order valence-corrected chi connectivity index (χ3v) is 6.33. The van der Waals surface area contributed by atoms with E-state index in [1.807, 2.05) is 27.7 Å². The fourth-order valence-corrected chi connectivity index (χ4v) is 4.41. The molecule has 0 radical (unpaired) electrons. The lowest BCUT2D eigenvalue weighted by atomic mass is 9.23. The smallest absolute Gasteiger partial charge is 0.403 e. The van der Waals surface area contributed by atoms with E-state index in [2.05, 4.69) is 0 Å². The molecule has 1 heterocycles. The largest absolute Gasteiger partial charge is 0.464 e. The van der Waals surface area contributed by atoms with Gasteiger partial charge in [0.15, 0.2) is 0 Å². The van der Waals surface area contributed by atoms with Crippen molar-refractivity contribution in [3.8, 4) is 0 Å². The number of rotatable bonds is 2. The molecule has 118 valence electrons. The Hall–Kier alpha value is -0.935. The van der Waals surface area contributed by atoms with Crippen LogP contribution in [-0.4, -0.2) is 18.3 Å². The molecule has 4 aliphatic rings. The summed E-state index contributed by atoms with van der Waals surface area (Å²) in [4.78, 5) is 0. The second kappa shape index (κ2) is 3.93. The molecule has 1 saturated heterocycles. The summed E-state index contributed by atoms with van der Waals surface area (Å²) in [6.07, 6.45) is 2.58. The molecule has 4 fully saturated rings. The Morgan fingerprint density at radius 3 is 2.00 bits per heavy atom. The molecule has 22 heavy (non-hydrogen) atoms. The van der Waals surface area contributed by atoms with Gasteiger partial charge < -0.3 is 9.31 Å². The van der Waals surface area contributed by atoms with E-state index in [0.29, 0.717) is 5.56 Å². The van der Waals surface area contributed by atoms with Crippen LogP contribution in [0.2, 0.25) is 5.31 Å². The summed E-state index contributed by atoms with van der Waals surface area (Å²) in [5, 5.41) is 0.00582. The van der Waals surface area contributed by atoms with Crippen LogP contribution in [0.25, 0.3) is 0 Å². The first-order valence-corrected chi connectivity index (χ1v) is 7.91. The normalized spacial score (nSPS) is 37.6. The predicted molar refractivity (Wildman–Crippen MR) is 80.7 cm³/mol. The molecule has 2 nitrogen and oxygen atoms in total. The van der Waals surface area contributed by atoms with Gasteiger partial charge in [0.05, 0.1) is 11.2 Å². The Morgan fingerprint density at radius 2 is 1.50 bits per heavy atom. The molecule has 0 spiro atoms. The van der Waals surface area contributed by atoms with Crippen molar-refractivity contribution in [3.05, 3.63) is 35.4 Å². The quantitative estimate of drug-likeness (QED) is 0.761. The summed E-state index contributed by atoms with van der Waals surface area (Å²) in [6.45, 7) is 8.20. The maximum absolute atomic E-state index is 14.0. The van der Waals surface area contributed by atoms with Crippen molar-refractivity contribution in [1.82, 2.24) is 0 Å². The summed E-state index contributed by atoms with van der Waals surface area (Å²) in [5.41, 5.74) is -0.156. The van der Waals surface area contributed by atoms with Crippen molar-refractivity contribution in [2.75, 3.05) is 0 Å². The average molecular weight is 306 g/mol. The molecular weight excluding hydrogens is 285 g/mol. The highest BCUT2D eigenvalue weighted by Crippen LogP contribution is 2.81. The highest BCUT2D eigenvalue weighted by molar-refractivity contribution is 6.51. The van der Waals surface area contributed by atoms with Crippen molar-refractivity contribution >= 4 is 7.12 Å². The van der Waals surface area contributed by atoms with E-state index in [1.54, 1.807) is 6.07 Å². The van der Waals surface area contributed by atoms with Gasteiger partial charge in [-0.1, -0.05) is 6.07 Å². The van der Waals surface area contributed by atoms with Crippen molar-refractivity contribution in [3.63, 3.8) is 0 Å². The number of halogens is 2. The minimum Gasteiger partial charge on any atom is -0.403 e. The molecule has 2 bridgehead atoms. The Morgan fingerprint density at radius 1 is 0.955 bits per heavy atom. The first kappa shape index (κ1) is 14.6. The third kappa shape index (κ3) is 1.67. The topological polar surface area (TPSA) is 18.5 Å². The maximum atomic E-state index is 14.0. The lowest BCUT2D eigenvalue weighted by molar-refractivity contribution is -0.0407. The van der Waals surface area contributed by atoms with Crippen LogP contribution in [0.1, 0.15) is 52.5 Å². The van der Waals surface area contributed by atoms with Gasteiger partial charge in [-0.2, -0.15) is 0 Å². The van der Waals surface area contributed by atoms with Gasteiger partial charge in [-0.25, -0.2) is 8.78 Å². The third-order valence-electron chi connectivity index (χ3n) is 6.33. The highest BCUT2D eigenvalue weighted by Gasteiger charge is 2.77. The average Bonchev–Trinajstić information content (AvgIpc) is 2.47. The second-order valence-electron chi connectivity index (χ2n) is 8.39. The number of benzene rings is 1. The SMILES string of the molecule is CC1(C)OB(C23CC(c4ccc(F)cc4F)(C2)C3)OC1(C)C. The number of hydrogen-bond acceptors (Lipinski definition) is 2. The monoisotopic (exact) mass is 306 g/mol. The molecule has 0 N–H and O–H groups in total. The Bertz CT molecular complexity index is 620. The van der Waals surface area contributed by atoms with E-state index < -0.39 is 11.6 Å². The molecule has 1 aromatic rings. The van der Waals surface area contributed by atoms with Crippen LogP contribution in [0.3, 0.4) is 0 Å². The molecule has 5 rings (SSSR count). The summed E-state index contributed by atoms with van der Waals surface area (Å²) in [7, 11) is -0.220. The molecule has 0 atom stereocenters. The lowest BCUT2D eigenvalue weighted by Gasteiger charge is -2.71. The van der Waals surface area contributed by atoms with Gasteiger partial charge in [0, 0.05) is 11.4 Å². The van der Waals surface area contributed by atoms with Gasteiger partial charge in [-0.15, -0.1) is 0 Å². The van der Waals surface area contributed by atoms with Gasteiger partial charge in [0.1, 0.15) is 11.6 Å². The van der Waals surface area contributed by atoms with Crippen LogP contribution in [-0.2, 0) is 14.7 Å². The van der Waals surface area contributed by atoms with Crippen molar-refractivity contribution in [2.24, 2.45) is 0 Å². The zero-order valence-electron chi connectivity index (χ0n) is 13.5. The van der Waals surface area contributed by atoms with E-state index >= 15 is 0 Å². The summed E-state index contributed by atoms with van der Waals surface area (Å²) >= 11 is 0. The predicted octanol–water partition coefficient (Wildman–Crippen LogP) is 4.23. The van der Waals surface area contributed by atoms with Gasteiger partial charge in [0.2, 0.25) is 0 Å². The lowest BCUT2D eigenvalue weighted by Crippen LogP contribution is -2.66. The fraction of sp³-hybridized carbons (Fsp3) is 0.647. The first-order valence-electron chi connectivity index (χ1n) is 7.91. The summed E-state index contributed by atoms with van der Waals surface area (Å²) < 4.78 is 39.4. The summed E-state index contributed by atoms with van der Waals surface area (Å²) in [5.74, 6) is -0.948. The second-order valence-corrected chi connectivity index (χ2v) is 8.39. The standard InChI is InChI=1S/C17H21BF2O2/c1-14(2)15(3,4)22-18(21-14)17-8-16(9-17,10-17)12-6-5-11(19)7-13(12)20/h5-7H,8-10H2,1-4H3. The molecule has 3 saturated carbocycles. The molecule has 0 aromatic heterocycles. The highest BCUT2D eigenvalue weighted by atomic mass is 19.1. The fourth-order valence-electron chi connectivity index (χ4n) is 4.41. The minimum absolute atomic E-state index is 0.00582. The van der Waals surface area contributed by atoms with E-state index in [1.165, 1.54) is 6.07 Å². The molecule has 1 aliphatic heterocycles. The van der Waals surface area contributed by atoms with Gasteiger partial charge in [-0.05, 0) is 64.0 Å². The Balaban J connectivity index is 1.53. The van der Waals surface area contributed by atoms with Crippen LogP contribution in [0.15, 0.2) is 18.2 Å². The van der Waals surface area contributed by atoms with Crippen LogP contribution >= 0.6 is 0 Å².